The Hall–Kier alpha value is -0.970. The number of halogens is 3. The number of benzene rings is 1. The van der Waals surface area contributed by atoms with E-state index in [-0.39, 0.29) is 5.92 Å². The Kier molecular flexibility index (Phi) is 3.23. The topological polar surface area (TPSA) is 17.1 Å². The second-order valence-electron chi connectivity index (χ2n) is 3.67. The van der Waals surface area contributed by atoms with Gasteiger partial charge in [-0.2, -0.15) is 11.8 Å². The summed E-state index contributed by atoms with van der Waals surface area (Å²) in [6, 6.07) is 1.08. The first kappa shape index (κ1) is 11.5. The predicted octanol–water partition coefficient (Wildman–Crippen LogP) is 3.04. The van der Waals surface area contributed by atoms with Crippen LogP contribution in [0.5, 0.6) is 0 Å². The molecule has 0 aromatic heterocycles. The van der Waals surface area contributed by atoms with Crippen LogP contribution >= 0.6 is 11.8 Å². The quantitative estimate of drug-likeness (QED) is 0.746. The molecule has 1 atom stereocenters. The Morgan fingerprint density at radius 3 is 2.38 bits per heavy atom. The first-order valence-corrected chi connectivity index (χ1v) is 6.01. The molecule has 1 heterocycles. The first-order valence-electron chi connectivity index (χ1n) is 4.86. The molecule has 1 aromatic carbocycles. The fourth-order valence-electron chi connectivity index (χ4n) is 1.72. The fourth-order valence-corrected chi connectivity index (χ4v) is 2.94. The number of ketones is 1. The van der Waals surface area contributed by atoms with E-state index in [1.165, 1.54) is 0 Å². The summed E-state index contributed by atoms with van der Waals surface area (Å²) < 4.78 is 39.3. The normalized spacial score (nSPS) is 20.1. The lowest BCUT2D eigenvalue weighted by molar-refractivity contribution is 0.0925. The molecule has 0 spiro atoms. The van der Waals surface area contributed by atoms with Crippen LogP contribution in [0, 0.1) is 23.4 Å². The summed E-state index contributed by atoms with van der Waals surface area (Å²) in [5, 5.41) is 0. The average molecular weight is 246 g/mol. The molecule has 0 amide bonds. The van der Waals surface area contributed by atoms with Crippen molar-refractivity contribution in [3.8, 4) is 0 Å². The van der Waals surface area contributed by atoms with Crippen LogP contribution in [0.4, 0.5) is 13.2 Å². The van der Waals surface area contributed by atoms with Crippen LogP contribution in [0.3, 0.4) is 0 Å². The first-order chi connectivity index (χ1) is 7.59. The molecule has 0 aliphatic carbocycles. The molecule has 1 aromatic rings. The minimum absolute atomic E-state index is 0.348. The van der Waals surface area contributed by atoms with Gasteiger partial charge in [-0.05, 0) is 12.2 Å². The molecule has 1 aliphatic rings. The Bertz CT molecular complexity index is 404. The van der Waals surface area contributed by atoms with Crippen LogP contribution < -0.4 is 0 Å². The zero-order valence-corrected chi connectivity index (χ0v) is 9.12. The van der Waals surface area contributed by atoms with Gasteiger partial charge in [0.2, 0.25) is 0 Å². The summed E-state index contributed by atoms with van der Waals surface area (Å²) in [5.74, 6) is -2.73. The molecule has 0 bridgehead atoms. The number of thioether (sulfide) groups is 1. The van der Waals surface area contributed by atoms with Gasteiger partial charge in [0.1, 0.15) is 17.5 Å². The third-order valence-corrected chi connectivity index (χ3v) is 3.72. The summed E-state index contributed by atoms with van der Waals surface area (Å²) in [6.45, 7) is 0. The smallest absolute Gasteiger partial charge is 0.172 e. The molecule has 5 heteroatoms. The second kappa shape index (κ2) is 4.49. The van der Waals surface area contributed by atoms with E-state index in [0.29, 0.717) is 24.3 Å². The summed E-state index contributed by atoms with van der Waals surface area (Å²) in [7, 11) is 0. The number of hydrogen-bond acceptors (Lipinski definition) is 2. The molecule has 2 rings (SSSR count). The van der Waals surface area contributed by atoms with Crippen LogP contribution in [-0.4, -0.2) is 17.3 Å². The molecule has 16 heavy (non-hydrogen) atoms. The van der Waals surface area contributed by atoms with Crippen LogP contribution in [0.1, 0.15) is 16.8 Å². The maximum atomic E-state index is 13.3. The molecule has 0 N–H and O–H groups in total. The average Bonchev–Trinajstić information content (AvgIpc) is 2.67. The van der Waals surface area contributed by atoms with Crippen molar-refractivity contribution in [2.75, 3.05) is 11.5 Å². The number of carbonyl (C=O) groups is 1. The van der Waals surface area contributed by atoms with Crippen LogP contribution in [0.15, 0.2) is 12.1 Å². The standard InChI is InChI=1S/C11H9F3OS/c12-7-3-8(13)10(9(14)4-7)11(15)6-1-2-16-5-6/h3-4,6H,1-2,5H2. The van der Waals surface area contributed by atoms with E-state index in [4.69, 9.17) is 0 Å². The lowest BCUT2D eigenvalue weighted by Gasteiger charge is -2.09. The van der Waals surface area contributed by atoms with Crippen molar-refractivity contribution in [3.63, 3.8) is 0 Å². The number of rotatable bonds is 2. The summed E-state index contributed by atoms with van der Waals surface area (Å²) in [6.07, 6.45) is 0.625. The lowest BCUT2D eigenvalue weighted by atomic mass is 9.96. The predicted molar refractivity (Wildman–Crippen MR) is 56.1 cm³/mol. The van der Waals surface area contributed by atoms with Gasteiger partial charge in [-0.3, -0.25) is 4.79 Å². The van der Waals surface area contributed by atoms with E-state index < -0.39 is 28.8 Å². The Balaban J connectivity index is 2.35. The van der Waals surface area contributed by atoms with Gasteiger partial charge in [-0.1, -0.05) is 0 Å². The van der Waals surface area contributed by atoms with E-state index in [1.807, 2.05) is 0 Å². The molecule has 1 saturated heterocycles. The highest BCUT2D eigenvalue weighted by molar-refractivity contribution is 7.99. The summed E-state index contributed by atoms with van der Waals surface area (Å²) in [4.78, 5) is 11.8. The molecule has 1 fully saturated rings. The van der Waals surface area contributed by atoms with Crippen LogP contribution in [0.2, 0.25) is 0 Å². The Morgan fingerprint density at radius 1 is 1.25 bits per heavy atom. The fraction of sp³-hybridized carbons (Fsp3) is 0.364. The highest BCUT2D eigenvalue weighted by Gasteiger charge is 2.29. The third kappa shape index (κ3) is 2.09. The number of Topliss-reactive ketones (excluding diaryl/α,β-unsaturated/α-hetero) is 1. The van der Waals surface area contributed by atoms with E-state index in [0.717, 1.165) is 5.75 Å². The van der Waals surface area contributed by atoms with Crippen molar-refractivity contribution < 1.29 is 18.0 Å². The van der Waals surface area contributed by atoms with E-state index in [2.05, 4.69) is 0 Å². The molecule has 86 valence electrons. The van der Waals surface area contributed by atoms with Gasteiger partial charge in [0, 0.05) is 23.8 Å². The van der Waals surface area contributed by atoms with Crippen LogP contribution in [0.25, 0.3) is 0 Å². The van der Waals surface area contributed by atoms with Gasteiger partial charge in [0.25, 0.3) is 0 Å². The van der Waals surface area contributed by atoms with E-state index in [1.54, 1.807) is 11.8 Å². The minimum atomic E-state index is -1.11. The van der Waals surface area contributed by atoms with Gasteiger partial charge >= 0.3 is 0 Å². The largest absolute Gasteiger partial charge is 0.294 e. The van der Waals surface area contributed by atoms with Gasteiger partial charge in [-0.25, -0.2) is 13.2 Å². The zero-order valence-electron chi connectivity index (χ0n) is 8.30. The van der Waals surface area contributed by atoms with Crippen LogP contribution in [-0.2, 0) is 0 Å². The van der Waals surface area contributed by atoms with Crippen molar-refractivity contribution in [2.24, 2.45) is 5.92 Å². The molecule has 0 saturated carbocycles. The van der Waals surface area contributed by atoms with E-state index >= 15 is 0 Å². The van der Waals surface area contributed by atoms with E-state index in [9.17, 15) is 18.0 Å². The molecule has 1 nitrogen and oxygen atoms in total. The van der Waals surface area contributed by atoms with Crippen molar-refractivity contribution in [1.82, 2.24) is 0 Å². The van der Waals surface area contributed by atoms with Gasteiger partial charge < -0.3 is 0 Å². The summed E-state index contributed by atoms with van der Waals surface area (Å²) in [5.41, 5.74) is -0.603. The Morgan fingerprint density at radius 2 is 1.88 bits per heavy atom. The molecular weight excluding hydrogens is 237 g/mol. The van der Waals surface area contributed by atoms with Crippen molar-refractivity contribution in [2.45, 2.75) is 6.42 Å². The number of carbonyl (C=O) groups excluding carboxylic acids is 1. The molecule has 1 unspecified atom stereocenters. The van der Waals surface area contributed by atoms with Gasteiger partial charge in [0.15, 0.2) is 5.78 Å². The number of hydrogen-bond donors (Lipinski definition) is 0. The maximum absolute atomic E-state index is 13.3. The van der Waals surface area contributed by atoms with Crippen molar-refractivity contribution >= 4 is 17.5 Å². The monoisotopic (exact) mass is 246 g/mol. The van der Waals surface area contributed by atoms with Gasteiger partial charge in [0.05, 0.1) is 5.56 Å². The molecule has 1 aliphatic heterocycles. The van der Waals surface area contributed by atoms with Crippen molar-refractivity contribution in [3.05, 3.63) is 35.1 Å². The second-order valence-corrected chi connectivity index (χ2v) is 4.82. The highest BCUT2D eigenvalue weighted by Crippen LogP contribution is 2.28. The lowest BCUT2D eigenvalue weighted by Crippen LogP contribution is -2.17. The SMILES string of the molecule is O=C(c1c(F)cc(F)cc1F)C1CCSC1. The minimum Gasteiger partial charge on any atom is -0.294 e. The highest BCUT2D eigenvalue weighted by atomic mass is 32.2. The summed E-state index contributed by atoms with van der Waals surface area (Å²) >= 11 is 1.58. The van der Waals surface area contributed by atoms with Gasteiger partial charge in [-0.15, -0.1) is 0 Å². The molecule has 0 radical (unpaired) electrons. The Labute approximate surface area is 95.0 Å². The zero-order chi connectivity index (χ0) is 11.7. The molecular formula is C11H9F3OS. The third-order valence-electron chi connectivity index (χ3n) is 2.55. The maximum Gasteiger partial charge on any atom is 0.172 e. The van der Waals surface area contributed by atoms with Crippen molar-refractivity contribution in [1.29, 1.82) is 0 Å².